The normalized spacial score (nSPS) is 14.8. The van der Waals surface area contributed by atoms with Gasteiger partial charge in [-0.25, -0.2) is 0 Å². The minimum atomic E-state index is 0.495. The smallest absolute Gasteiger partial charge is 0.276 e. The number of aromatic nitrogens is 2. The second-order valence-electron chi connectivity index (χ2n) is 4.10. The number of rotatable bonds is 8. The van der Waals surface area contributed by atoms with Crippen LogP contribution in [0.4, 0.5) is 0 Å². The lowest BCUT2D eigenvalue weighted by Crippen LogP contribution is -2.37. The lowest BCUT2D eigenvalue weighted by molar-refractivity contribution is 0.421. The van der Waals surface area contributed by atoms with E-state index >= 15 is 0 Å². The van der Waals surface area contributed by atoms with Gasteiger partial charge in [0.15, 0.2) is 0 Å². The first kappa shape index (κ1) is 14.5. The summed E-state index contributed by atoms with van der Waals surface area (Å²) in [6, 6.07) is 0.521. The molecule has 98 valence electrons. The van der Waals surface area contributed by atoms with Crippen LogP contribution in [-0.2, 0) is 0 Å². The predicted molar refractivity (Wildman–Crippen MR) is 71.3 cm³/mol. The first-order valence-electron chi connectivity index (χ1n) is 6.41. The van der Waals surface area contributed by atoms with Crippen LogP contribution >= 0.6 is 11.8 Å². The van der Waals surface area contributed by atoms with Crippen LogP contribution in [0.5, 0.6) is 0 Å². The molecule has 0 saturated carbocycles. The Morgan fingerprint density at radius 3 is 2.53 bits per heavy atom. The number of nitrogens with zero attached hydrogens (tertiary/aromatic N) is 2. The van der Waals surface area contributed by atoms with Gasteiger partial charge in [-0.2, -0.15) is 0 Å². The standard InChI is InChI=1S/C12H23N3OS/c1-5-8-10(13-7-3)11(6-2)17-12-15-14-9(4)16-12/h10-11,13H,5-8H2,1-4H3. The third kappa shape index (κ3) is 4.68. The molecular weight excluding hydrogens is 234 g/mol. The Labute approximate surface area is 108 Å². The fourth-order valence-corrected chi connectivity index (χ4v) is 2.98. The summed E-state index contributed by atoms with van der Waals surface area (Å²) in [6.45, 7) is 9.41. The molecule has 1 N–H and O–H groups in total. The third-order valence-corrected chi connectivity index (χ3v) is 4.01. The average Bonchev–Trinajstić information content (AvgIpc) is 2.72. The molecule has 0 saturated heterocycles. The fraction of sp³-hybridized carbons (Fsp3) is 0.833. The molecule has 0 aliphatic rings. The van der Waals surface area contributed by atoms with Gasteiger partial charge in [-0.1, -0.05) is 39.0 Å². The van der Waals surface area contributed by atoms with E-state index in [0.29, 0.717) is 22.4 Å². The van der Waals surface area contributed by atoms with E-state index in [4.69, 9.17) is 4.42 Å². The minimum Gasteiger partial charge on any atom is -0.416 e. The number of aryl methyl sites for hydroxylation is 1. The van der Waals surface area contributed by atoms with Gasteiger partial charge in [0.05, 0.1) is 0 Å². The Morgan fingerprint density at radius 1 is 1.29 bits per heavy atom. The van der Waals surface area contributed by atoms with Gasteiger partial charge in [0.1, 0.15) is 0 Å². The Bertz CT molecular complexity index is 310. The van der Waals surface area contributed by atoms with Crippen LogP contribution in [0.3, 0.4) is 0 Å². The van der Waals surface area contributed by atoms with Crippen molar-refractivity contribution in [2.45, 2.75) is 63.5 Å². The molecule has 17 heavy (non-hydrogen) atoms. The highest BCUT2D eigenvalue weighted by atomic mass is 32.2. The second kappa shape index (κ2) is 7.71. The summed E-state index contributed by atoms with van der Waals surface area (Å²) in [5.41, 5.74) is 0. The number of nitrogens with one attached hydrogen (secondary N) is 1. The van der Waals surface area contributed by atoms with Crippen LogP contribution < -0.4 is 5.32 Å². The van der Waals surface area contributed by atoms with Gasteiger partial charge in [-0.15, -0.1) is 10.2 Å². The van der Waals surface area contributed by atoms with Gasteiger partial charge in [0, 0.05) is 18.2 Å². The van der Waals surface area contributed by atoms with E-state index < -0.39 is 0 Å². The first-order valence-corrected chi connectivity index (χ1v) is 7.29. The summed E-state index contributed by atoms with van der Waals surface area (Å²) in [7, 11) is 0. The number of thioether (sulfide) groups is 1. The van der Waals surface area contributed by atoms with Crippen LogP contribution in [-0.4, -0.2) is 28.0 Å². The minimum absolute atomic E-state index is 0.495. The van der Waals surface area contributed by atoms with E-state index in [1.807, 2.05) is 6.92 Å². The molecule has 5 heteroatoms. The molecule has 2 atom stereocenters. The average molecular weight is 257 g/mol. The molecule has 0 radical (unpaired) electrons. The molecule has 4 nitrogen and oxygen atoms in total. The van der Waals surface area contributed by atoms with E-state index in [-0.39, 0.29) is 0 Å². The van der Waals surface area contributed by atoms with Crippen molar-refractivity contribution < 1.29 is 4.42 Å². The van der Waals surface area contributed by atoms with Crippen LogP contribution in [0.25, 0.3) is 0 Å². The summed E-state index contributed by atoms with van der Waals surface area (Å²) in [6.07, 6.45) is 3.48. The fourth-order valence-electron chi connectivity index (χ4n) is 1.90. The Morgan fingerprint density at radius 2 is 2.06 bits per heavy atom. The van der Waals surface area contributed by atoms with Crippen molar-refractivity contribution in [3.05, 3.63) is 5.89 Å². The molecule has 0 aliphatic carbocycles. The summed E-state index contributed by atoms with van der Waals surface area (Å²) in [5.74, 6) is 0.637. The molecule has 0 amide bonds. The summed E-state index contributed by atoms with van der Waals surface area (Å²) in [5, 5.41) is 12.7. The van der Waals surface area contributed by atoms with E-state index in [2.05, 4.69) is 36.3 Å². The molecule has 0 aromatic carbocycles. The molecule has 2 unspecified atom stereocenters. The lowest BCUT2D eigenvalue weighted by atomic mass is 10.1. The van der Waals surface area contributed by atoms with Crippen LogP contribution in [0.2, 0.25) is 0 Å². The number of hydrogen-bond acceptors (Lipinski definition) is 5. The largest absolute Gasteiger partial charge is 0.416 e. The zero-order valence-corrected chi connectivity index (χ0v) is 12.0. The van der Waals surface area contributed by atoms with Crippen molar-refractivity contribution in [1.29, 1.82) is 0 Å². The second-order valence-corrected chi connectivity index (χ2v) is 5.29. The summed E-state index contributed by atoms with van der Waals surface area (Å²) >= 11 is 1.69. The lowest BCUT2D eigenvalue weighted by Gasteiger charge is -2.24. The predicted octanol–water partition coefficient (Wildman–Crippen LogP) is 3.03. The van der Waals surface area contributed by atoms with Crippen molar-refractivity contribution in [3.63, 3.8) is 0 Å². The Kier molecular flexibility index (Phi) is 6.58. The molecule has 1 aromatic heterocycles. The van der Waals surface area contributed by atoms with E-state index in [1.165, 1.54) is 12.8 Å². The van der Waals surface area contributed by atoms with Gasteiger partial charge < -0.3 is 9.73 Å². The molecule has 0 aliphatic heterocycles. The van der Waals surface area contributed by atoms with Crippen LogP contribution in [0.1, 0.15) is 45.9 Å². The third-order valence-electron chi connectivity index (χ3n) is 2.68. The Balaban J connectivity index is 2.61. The maximum atomic E-state index is 5.44. The summed E-state index contributed by atoms with van der Waals surface area (Å²) in [4.78, 5) is 0. The van der Waals surface area contributed by atoms with Crippen molar-refractivity contribution in [3.8, 4) is 0 Å². The maximum Gasteiger partial charge on any atom is 0.276 e. The number of hydrogen-bond donors (Lipinski definition) is 1. The van der Waals surface area contributed by atoms with Crippen molar-refractivity contribution in [1.82, 2.24) is 15.5 Å². The quantitative estimate of drug-likeness (QED) is 0.725. The SMILES string of the molecule is CCCC(NCC)C(CC)Sc1nnc(C)o1. The van der Waals surface area contributed by atoms with Gasteiger partial charge >= 0.3 is 0 Å². The van der Waals surface area contributed by atoms with Crippen LogP contribution in [0.15, 0.2) is 9.64 Å². The van der Waals surface area contributed by atoms with E-state index in [0.717, 1.165) is 13.0 Å². The van der Waals surface area contributed by atoms with Crippen molar-refractivity contribution in [2.24, 2.45) is 0 Å². The van der Waals surface area contributed by atoms with Gasteiger partial charge in [0.25, 0.3) is 5.22 Å². The molecule has 1 heterocycles. The molecule has 0 bridgehead atoms. The highest BCUT2D eigenvalue weighted by Crippen LogP contribution is 2.28. The summed E-state index contributed by atoms with van der Waals surface area (Å²) < 4.78 is 5.44. The molecule has 0 fully saturated rings. The Hall–Kier alpha value is -0.550. The highest BCUT2D eigenvalue weighted by Gasteiger charge is 2.21. The topological polar surface area (TPSA) is 51.0 Å². The molecular formula is C12H23N3OS. The maximum absolute atomic E-state index is 5.44. The van der Waals surface area contributed by atoms with Crippen LogP contribution in [0, 0.1) is 6.92 Å². The highest BCUT2D eigenvalue weighted by molar-refractivity contribution is 7.99. The first-order chi connectivity index (χ1) is 8.21. The molecule has 0 spiro atoms. The zero-order chi connectivity index (χ0) is 12.7. The van der Waals surface area contributed by atoms with Crippen molar-refractivity contribution >= 4 is 11.8 Å². The zero-order valence-electron chi connectivity index (χ0n) is 11.2. The van der Waals surface area contributed by atoms with Gasteiger partial charge in [-0.05, 0) is 19.4 Å². The van der Waals surface area contributed by atoms with E-state index in [1.54, 1.807) is 11.8 Å². The van der Waals surface area contributed by atoms with Gasteiger partial charge in [-0.3, -0.25) is 0 Å². The van der Waals surface area contributed by atoms with Gasteiger partial charge in [0.2, 0.25) is 5.89 Å². The van der Waals surface area contributed by atoms with E-state index in [9.17, 15) is 0 Å². The monoisotopic (exact) mass is 257 g/mol. The molecule has 1 rings (SSSR count). The van der Waals surface area contributed by atoms with Crippen molar-refractivity contribution in [2.75, 3.05) is 6.54 Å². The molecule has 1 aromatic rings.